The van der Waals surface area contributed by atoms with Gasteiger partial charge in [-0.05, 0) is 36.8 Å². The molecule has 2 heteroatoms. The van der Waals surface area contributed by atoms with Crippen LogP contribution in [0.5, 0.6) is 5.75 Å². The molecule has 0 aliphatic rings. The fourth-order valence-corrected chi connectivity index (χ4v) is 1.48. The van der Waals surface area contributed by atoms with Gasteiger partial charge in [0.15, 0.2) is 0 Å². The first-order valence-electron chi connectivity index (χ1n) is 5.28. The number of hydrogen-bond acceptors (Lipinski definition) is 2. The van der Waals surface area contributed by atoms with Gasteiger partial charge in [-0.3, -0.25) is 0 Å². The van der Waals surface area contributed by atoms with E-state index >= 15 is 0 Å². The van der Waals surface area contributed by atoms with Crippen molar-refractivity contribution in [3.8, 4) is 5.75 Å². The molecular formula is C14H15NO. The Hall–Kier alpha value is -1.96. The van der Waals surface area contributed by atoms with Gasteiger partial charge >= 0.3 is 0 Å². The summed E-state index contributed by atoms with van der Waals surface area (Å²) in [4.78, 5) is 0. The largest absolute Gasteiger partial charge is 0.489 e. The highest BCUT2D eigenvalue weighted by Gasteiger charge is 1.96. The Labute approximate surface area is 95.7 Å². The normalized spacial score (nSPS) is 10.1. The molecule has 0 aliphatic heterocycles. The Morgan fingerprint density at radius 2 is 1.81 bits per heavy atom. The molecule has 0 spiro atoms. The minimum Gasteiger partial charge on any atom is -0.489 e. The van der Waals surface area contributed by atoms with Gasteiger partial charge in [0.2, 0.25) is 0 Å². The Morgan fingerprint density at radius 1 is 1.06 bits per heavy atom. The third-order valence-electron chi connectivity index (χ3n) is 2.38. The number of nitrogens with two attached hydrogens (primary N) is 1. The number of aryl methyl sites for hydroxylation is 1. The van der Waals surface area contributed by atoms with E-state index in [0.29, 0.717) is 6.61 Å². The first-order chi connectivity index (χ1) is 7.74. The molecule has 2 nitrogen and oxygen atoms in total. The number of ether oxygens (including phenoxy) is 1. The van der Waals surface area contributed by atoms with Crippen molar-refractivity contribution >= 4 is 5.69 Å². The highest BCUT2D eigenvalue weighted by atomic mass is 16.5. The first-order valence-corrected chi connectivity index (χ1v) is 5.28. The maximum atomic E-state index is 5.69. The summed E-state index contributed by atoms with van der Waals surface area (Å²) in [7, 11) is 0. The van der Waals surface area contributed by atoms with Crippen LogP contribution in [0.2, 0.25) is 0 Å². The molecule has 0 aromatic heterocycles. The van der Waals surface area contributed by atoms with Gasteiger partial charge in [0.05, 0.1) is 0 Å². The molecule has 2 aromatic carbocycles. The van der Waals surface area contributed by atoms with Crippen LogP contribution >= 0.6 is 0 Å². The molecule has 2 rings (SSSR count). The molecule has 0 unspecified atom stereocenters. The molecule has 0 atom stereocenters. The molecule has 0 saturated heterocycles. The van der Waals surface area contributed by atoms with Crippen molar-refractivity contribution in [3.63, 3.8) is 0 Å². The Morgan fingerprint density at radius 3 is 2.50 bits per heavy atom. The average molecular weight is 213 g/mol. The highest BCUT2D eigenvalue weighted by molar-refractivity contribution is 5.40. The third kappa shape index (κ3) is 2.76. The van der Waals surface area contributed by atoms with Crippen molar-refractivity contribution in [2.24, 2.45) is 0 Å². The van der Waals surface area contributed by atoms with Crippen molar-refractivity contribution < 1.29 is 4.74 Å². The van der Waals surface area contributed by atoms with Crippen molar-refractivity contribution in [3.05, 3.63) is 59.7 Å². The van der Waals surface area contributed by atoms with Gasteiger partial charge in [-0.25, -0.2) is 0 Å². The molecule has 0 radical (unpaired) electrons. The standard InChI is InChI=1S/C14H15NO/c1-11-5-7-14(8-6-11)16-10-12-3-2-4-13(15)9-12/h2-9H,10,15H2,1H3. The number of hydrogen-bond donors (Lipinski definition) is 1. The van der Waals surface area contributed by atoms with E-state index in [1.165, 1.54) is 5.56 Å². The van der Waals surface area contributed by atoms with Crippen LogP contribution in [-0.4, -0.2) is 0 Å². The van der Waals surface area contributed by atoms with Crippen LogP contribution in [0.1, 0.15) is 11.1 Å². The highest BCUT2D eigenvalue weighted by Crippen LogP contribution is 2.14. The van der Waals surface area contributed by atoms with Crippen LogP contribution in [0.25, 0.3) is 0 Å². The molecule has 2 N–H and O–H groups in total. The van der Waals surface area contributed by atoms with Crippen LogP contribution in [0.15, 0.2) is 48.5 Å². The Bertz CT molecular complexity index is 462. The number of benzene rings is 2. The van der Waals surface area contributed by atoms with Crippen LogP contribution in [-0.2, 0) is 6.61 Å². The lowest BCUT2D eigenvalue weighted by molar-refractivity contribution is 0.306. The molecule has 16 heavy (non-hydrogen) atoms. The fourth-order valence-electron chi connectivity index (χ4n) is 1.48. The van der Waals surface area contributed by atoms with E-state index in [0.717, 1.165) is 17.0 Å². The van der Waals surface area contributed by atoms with Crippen molar-refractivity contribution in [1.82, 2.24) is 0 Å². The van der Waals surface area contributed by atoms with Gasteiger partial charge in [-0.2, -0.15) is 0 Å². The van der Waals surface area contributed by atoms with E-state index in [9.17, 15) is 0 Å². The molecule has 0 heterocycles. The zero-order chi connectivity index (χ0) is 11.4. The van der Waals surface area contributed by atoms with E-state index in [2.05, 4.69) is 6.92 Å². The van der Waals surface area contributed by atoms with Crippen LogP contribution in [0, 0.1) is 6.92 Å². The molecule has 0 fully saturated rings. The molecule has 0 bridgehead atoms. The smallest absolute Gasteiger partial charge is 0.119 e. The van der Waals surface area contributed by atoms with Gasteiger partial charge in [0.25, 0.3) is 0 Å². The lowest BCUT2D eigenvalue weighted by atomic mass is 10.2. The van der Waals surface area contributed by atoms with Gasteiger partial charge in [-0.1, -0.05) is 29.8 Å². The lowest BCUT2D eigenvalue weighted by Gasteiger charge is -2.06. The predicted octanol–water partition coefficient (Wildman–Crippen LogP) is 3.16. The van der Waals surface area contributed by atoms with E-state index in [-0.39, 0.29) is 0 Å². The van der Waals surface area contributed by atoms with Gasteiger partial charge in [0, 0.05) is 5.69 Å². The number of nitrogen functional groups attached to an aromatic ring is 1. The average Bonchev–Trinajstić information content (AvgIpc) is 2.28. The van der Waals surface area contributed by atoms with Crippen molar-refractivity contribution in [2.75, 3.05) is 5.73 Å². The second-order valence-electron chi connectivity index (χ2n) is 3.85. The first kappa shape index (κ1) is 10.6. The molecule has 0 amide bonds. The minimum absolute atomic E-state index is 0.550. The van der Waals surface area contributed by atoms with Crippen LogP contribution in [0.3, 0.4) is 0 Å². The summed E-state index contributed by atoms with van der Waals surface area (Å²) in [5.41, 5.74) is 8.78. The monoisotopic (exact) mass is 213 g/mol. The van der Waals surface area contributed by atoms with Gasteiger partial charge < -0.3 is 10.5 Å². The second-order valence-corrected chi connectivity index (χ2v) is 3.85. The maximum Gasteiger partial charge on any atom is 0.119 e. The summed E-state index contributed by atoms with van der Waals surface area (Å²) in [6.07, 6.45) is 0. The summed E-state index contributed by atoms with van der Waals surface area (Å²) >= 11 is 0. The molecule has 2 aromatic rings. The van der Waals surface area contributed by atoms with E-state index in [1.54, 1.807) is 0 Å². The molecule has 82 valence electrons. The number of rotatable bonds is 3. The second kappa shape index (κ2) is 4.71. The quantitative estimate of drug-likeness (QED) is 0.795. The zero-order valence-electron chi connectivity index (χ0n) is 9.31. The van der Waals surface area contributed by atoms with Crippen LogP contribution < -0.4 is 10.5 Å². The molecule has 0 saturated carbocycles. The fraction of sp³-hybridized carbons (Fsp3) is 0.143. The van der Waals surface area contributed by atoms with E-state index in [1.807, 2.05) is 48.5 Å². The van der Waals surface area contributed by atoms with Gasteiger partial charge in [-0.15, -0.1) is 0 Å². The maximum absolute atomic E-state index is 5.69. The number of anilines is 1. The Balaban J connectivity index is 1.99. The summed E-state index contributed by atoms with van der Waals surface area (Å²) in [5, 5.41) is 0. The summed E-state index contributed by atoms with van der Waals surface area (Å²) in [5.74, 6) is 0.882. The van der Waals surface area contributed by atoms with Crippen molar-refractivity contribution in [2.45, 2.75) is 13.5 Å². The summed E-state index contributed by atoms with van der Waals surface area (Å²) in [6, 6.07) is 15.8. The molecule has 0 aliphatic carbocycles. The van der Waals surface area contributed by atoms with Crippen LogP contribution in [0.4, 0.5) is 5.69 Å². The van der Waals surface area contributed by atoms with Gasteiger partial charge in [0.1, 0.15) is 12.4 Å². The SMILES string of the molecule is Cc1ccc(OCc2cccc(N)c2)cc1. The summed E-state index contributed by atoms with van der Waals surface area (Å²) in [6.45, 7) is 2.61. The molecular weight excluding hydrogens is 198 g/mol. The zero-order valence-corrected chi connectivity index (χ0v) is 9.31. The van der Waals surface area contributed by atoms with Crippen molar-refractivity contribution in [1.29, 1.82) is 0 Å². The van der Waals surface area contributed by atoms with E-state index < -0.39 is 0 Å². The topological polar surface area (TPSA) is 35.2 Å². The Kier molecular flexibility index (Phi) is 3.10. The minimum atomic E-state index is 0.550. The lowest BCUT2D eigenvalue weighted by Crippen LogP contribution is -1.96. The third-order valence-corrected chi connectivity index (χ3v) is 2.38. The predicted molar refractivity (Wildman–Crippen MR) is 66.4 cm³/mol. The van der Waals surface area contributed by atoms with E-state index in [4.69, 9.17) is 10.5 Å². The summed E-state index contributed by atoms with van der Waals surface area (Å²) < 4.78 is 5.65.